The molecule has 1 aromatic rings. The van der Waals surface area contributed by atoms with Crippen molar-refractivity contribution in [3.8, 4) is 0 Å². The van der Waals surface area contributed by atoms with E-state index in [0.29, 0.717) is 6.42 Å². The van der Waals surface area contributed by atoms with Crippen LogP contribution in [0, 0.1) is 6.92 Å². The maximum atomic E-state index is 8.31. The van der Waals surface area contributed by atoms with Crippen LogP contribution < -0.4 is 0 Å². The quantitative estimate of drug-likeness (QED) is 0.734. The van der Waals surface area contributed by atoms with Crippen LogP contribution in [-0.2, 0) is 17.7 Å². The van der Waals surface area contributed by atoms with Gasteiger partial charge < -0.3 is 0 Å². The summed E-state index contributed by atoms with van der Waals surface area (Å²) in [5.74, 6) is 0. The Kier molecular flexibility index (Phi) is 4.43. The maximum absolute atomic E-state index is 8.31. The number of nitrogens with zero attached hydrogens (tertiary/aromatic N) is 2. The Hall–Kier alpha value is -0.530. The number of hydrogen-bond acceptors (Lipinski definition) is 6. The van der Waals surface area contributed by atoms with Crippen LogP contribution in [0.25, 0.3) is 0 Å². The third-order valence-electron chi connectivity index (χ3n) is 1.78. The lowest BCUT2D eigenvalue weighted by atomic mass is 10.3. The van der Waals surface area contributed by atoms with Crippen LogP contribution in [0.5, 0.6) is 0 Å². The zero-order valence-electron chi connectivity index (χ0n) is 8.23. The molecule has 0 bridgehead atoms. The Balaban J connectivity index is 2.45. The highest BCUT2D eigenvalue weighted by molar-refractivity contribution is 7.11. The zero-order chi connectivity index (χ0) is 10.6. The van der Waals surface area contributed by atoms with Gasteiger partial charge in [-0.05, 0) is 13.3 Å². The minimum atomic E-state index is -0.267. The molecule has 14 heavy (non-hydrogen) atoms. The van der Waals surface area contributed by atoms with E-state index < -0.39 is 0 Å². The number of aromatic nitrogens is 1. The number of rotatable bonds is 5. The summed E-state index contributed by atoms with van der Waals surface area (Å²) in [6.45, 7) is 4.24. The van der Waals surface area contributed by atoms with Crippen molar-refractivity contribution >= 4 is 11.3 Å². The van der Waals surface area contributed by atoms with Gasteiger partial charge in [0.25, 0.3) is 0 Å². The zero-order valence-corrected chi connectivity index (χ0v) is 9.04. The highest BCUT2D eigenvalue weighted by Gasteiger charge is 2.06. The molecule has 0 unspecified atom stereocenters. The standard InChI is InChI=1S/C8H14N2O3S/c1-3-8-9-6(2)7(14-8)4-5-13-10(11)12/h11-12H,3-5H2,1-2H3. The lowest BCUT2D eigenvalue weighted by Gasteiger charge is -2.04. The molecule has 0 atom stereocenters. The predicted octanol–water partition coefficient (Wildman–Crippen LogP) is 1.57. The minimum absolute atomic E-state index is 0.235. The van der Waals surface area contributed by atoms with Crippen LogP contribution in [0.2, 0.25) is 0 Å². The van der Waals surface area contributed by atoms with Crippen LogP contribution in [-0.4, -0.2) is 27.4 Å². The van der Waals surface area contributed by atoms with Crippen molar-refractivity contribution in [3.05, 3.63) is 15.6 Å². The smallest absolute Gasteiger partial charge is 0.0928 e. The maximum Gasteiger partial charge on any atom is 0.0928 e. The molecule has 0 radical (unpaired) electrons. The third kappa shape index (κ3) is 3.32. The fourth-order valence-electron chi connectivity index (χ4n) is 1.09. The molecule has 80 valence electrons. The lowest BCUT2D eigenvalue weighted by molar-refractivity contribution is -0.492. The summed E-state index contributed by atoms with van der Waals surface area (Å²) < 4.78 is 0. The van der Waals surface area contributed by atoms with E-state index >= 15 is 0 Å². The average molecular weight is 218 g/mol. The second kappa shape index (κ2) is 5.38. The largest absolute Gasteiger partial charge is 0.266 e. The van der Waals surface area contributed by atoms with Gasteiger partial charge in [-0.2, -0.15) is 0 Å². The van der Waals surface area contributed by atoms with Crippen molar-refractivity contribution in [1.82, 2.24) is 10.4 Å². The van der Waals surface area contributed by atoms with E-state index in [1.54, 1.807) is 11.3 Å². The summed E-state index contributed by atoms with van der Waals surface area (Å²) in [6.07, 6.45) is 1.57. The molecule has 0 aliphatic carbocycles. The second-order valence-electron chi connectivity index (χ2n) is 2.81. The molecule has 0 aromatic carbocycles. The van der Waals surface area contributed by atoms with Crippen molar-refractivity contribution in [2.75, 3.05) is 6.61 Å². The van der Waals surface area contributed by atoms with Gasteiger partial charge in [0, 0.05) is 11.3 Å². The van der Waals surface area contributed by atoms with E-state index in [1.807, 2.05) is 6.92 Å². The van der Waals surface area contributed by atoms with E-state index in [-0.39, 0.29) is 12.0 Å². The molecule has 6 heteroatoms. The van der Waals surface area contributed by atoms with Gasteiger partial charge in [0.05, 0.1) is 22.7 Å². The molecule has 0 fully saturated rings. The van der Waals surface area contributed by atoms with Gasteiger partial charge in [0.1, 0.15) is 0 Å². The number of hydrogen-bond donors (Lipinski definition) is 2. The lowest BCUT2D eigenvalue weighted by Crippen LogP contribution is -2.16. The monoisotopic (exact) mass is 218 g/mol. The Bertz CT molecular complexity index is 288. The van der Waals surface area contributed by atoms with Gasteiger partial charge in [-0.15, -0.1) is 11.3 Å². The van der Waals surface area contributed by atoms with Crippen molar-refractivity contribution in [2.24, 2.45) is 0 Å². The summed E-state index contributed by atoms with van der Waals surface area (Å²) in [6, 6.07) is 0. The second-order valence-corrected chi connectivity index (χ2v) is 3.97. The molecular weight excluding hydrogens is 204 g/mol. The van der Waals surface area contributed by atoms with Gasteiger partial charge in [0.15, 0.2) is 0 Å². The van der Waals surface area contributed by atoms with Gasteiger partial charge in [-0.3, -0.25) is 15.3 Å². The molecular formula is C8H14N2O3S. The number of aryl methyl sites for hydroxylation is 2. The first-order chi connectivity index (χ1) is 6.63. The first-order valence-corrected chi connectivity index (χ1v) is 5.21. The summed E-state index contributed by atoms with van der Waals surface area (Å²) in [5.41, 5.74) is 0.998. The van der Waals surface area contributed by atoms with Crippen molar-refractivity contribution in [3.63, 3.8) is 0 Å². The van der Waals surface area contributed by atoms with E-state index in [9.17, 15) is 0 Å². The van der Waals surface area contributed by atoms with Crippen molar-refractivity contribution in [1.29, 1.82) is 0 Å². The Morgan fingerprint density at radius 3 is 2.71 bits per heavy atom. The molecule has 2 N–H and O–H groups in total. The van der Waals surface area contributed by atoms with Crippen molar-refractivity contribution in [2.45, 2.75) is 26.7 Å². The molecule has 1 aromatic heterocycles. The third-order valence-corrected chi connectivity index (χ3v) is 3.14. The Morgan fingerprint density at radius 1 is 1.50 bits per heavy atom. The van der Waals surface area contributed by atoms with E-state index in [2.05, 4.69) is 16.7 Å². The highest BCUT2D eigenvalue weighted by atomic mass is 32.1. The molecule has 0 amide bonds. The fraction of sp³-hybridized carbons (Fsp3) is 0.625. The number of thiazole rings is 1. The first kappa shape index (κ1) is 11.5. The Morgan fingerprint density at radius 2 is 2.21 bits per heavy atom. The Labute approximate surface area is 86.4 Å². The average Bonchev–Trinajstić information content (AvgIpc) is 2.47. The molecule has 5 nitrogen and oxygen atoms in total. The van der Waals surface area contributed by atoms with Crippen LogP contribution in [0.1, 0.15) is 22.5 Å². The van der Waals surface area contributed by atoms with Crippen LogP contribution >= 0.6 is 11.3 Å². The topological polar surface area (TPSA) is 65.8 Å². The van der Waals surface area contributed by atoms with Gasteiger partial charge in [0.2, 0.25) is 0 Å². The molecule has 0 spiro atoms. The summed E-state index contributed by atoms with van der Waals surface area (Å²) in [7, 11) is 0. The SMILES string of the molecule is CCc1nc(C)c(CCON(O)O)s1. The molecule has 0 saturated heterocycles. The van der Waals surface area contributed by atoms with E-state index in [1.165, 1.54) is 0 Å². The molecule has 0 saturated carbocycles. The predicted molar refractivity (Wildman–Crippen MR) is 51.3 cm³/mol. The van der Waals surface area contributed by atoms with Gasteiger partial charge >= 0.3 is 0 Å². The molecule has 1 heterocycles. The fourth-order valence-corrected chi connectivity index (χ4v) is 2.08. The highest BCUT2D eigenvalue weighted by Crippen LogP contribution is 2.18. The van der Waals surface area contributed by atoms with Gasteiger partial charge in [-0.1, -0.05) is 6.92 Å². The molecule has 1 rings (SSSR count). The van der Waals surface area contributed by atoms with Gasteiger partial charge in [-0.25, -0.2) is 4.98 Å². The van der Waals surface area contributed by atoms with Crippen LogP contribution in [0.15, 0.2) is 0 Å². The summed E-state index contributed by atoms with van der Waals surface area (Å²) in [4.78, 5) is 9.95. The van der Waals surface area contributed by atoms with E-state index in [0.717, 1.165) is 22.0 Å². The minimum Gasteiger partial charge on any atom is -0.266 e. The molecule has 0 aliphatic rings. The normalized spacial score (nSPS) is 11.2. The molecule has 0 aliphatic heterocycles. The summed E-state index contributed by atoms with van der Waals surface area (Å²) in [5, 5.41) is 17.4. The van der Waals surface area contributed by atoms with Crippen LogP contribution in [0.3, 0.4) is 0 Å². The first-order valence-electron chi connectivity index (χ1n) is 4.39. The summed E-state index contributed by atoms with van der Waals surface area (Å²) >= 11 is 1.64. The van der Waals surface area contributed by atoms with Crippen LogP contribution in [0.4, 0.5) is 0 Å². The van der Waals surface area contributed by atoms with E-state index in [4.69, 9.17) is 10.4 Å². The van der Waals surface area contributed by atoms with Crippen molar-refractivity contribution < 1.29 is 15.3 Å².